The number of thiophene rings is 1. The molecule has 1 saturated heterocycles. The average Bonchev–Trinajstić information content (AvgIpc) is 3.16. The van der Waals surface area contributed by atoms with Gasteiger partial charge in [0, 0.05) is 36.1 Å². The summed E-state index contributed by atoms with van der Waals surface area (Å²) in [5.41, 5.74) is 0.650. The van der Waals surface area contributed by atoms with Crippen LogP contribution in [0.4, 0.5) is 0 Å². The Hall–Kier alpha value is 0.1000. The molecule has 2 atom stereocenters. The van der Waals surface area contributed by atoms with Gasteiger partial charge < -0.3 is 5.32 Å². The van der Waals surface area contributed by atoms with Crippen LogP contribution in [-0.4, -0.2) is 29.6 Å². The first-order valence-electron chi connectivity index (χ1n) is 8.02. The van der Waals surface area contributed by atoms with Crippen LogP contribution < -0.4 is 5.32 Å². The minimum Gasteiger partial charge on any atom is -0.310 e. The molecule has 0 spiro atoms. The van der Waals surface area contributed by atoms with Crippen LogP contribution in [0.2, 0.25) is 0 Å². The lowest BCUT2D eigenvalue weighted by atomic mass is 9.81. The fraction of sp³-hybridized carbons (Fsp3) is 0.765. The number of rotatable bonds is 3. The van der Waals surface area contributed by atoms with E-state index in [1.165, 1.54) is 21.5 Å². The molecule has 1 aliphatic carbocycles. The number of halogens is 1. The molecule has 0 aromatic carbocycles. The van der Waals surface area contributed by atoms with E-state index in [1.807, 2.05) is 11.3 Å². The molecule has 4 heteroatoms. The molecule has 2 heterocycles. The highest BCUT2D eigenvalue weighted by Crippen LogP contribution is 2.45. The van der Waals surface area contributed by atoms with E-state index in [-0.39, 0.29) is 0 Å². The van der Waals surface area contributed by atoms with Gasteiger partial charge >= 0.3 is 0 Å². The summed E-state index contributed by atoms with van der Waals surface area (Å²) in [5, 5.41) is 3.84. The smallest absolute Gasteiger partial charge is 0.0701 e. The van der Waals surface area contributed by atoms with Crippen LogP contribution in [0.25, 0.3) is 0 Å². The third-order valence-electron chi connectivity index (χ3n) is 5.31. The molecule has 2 nitrogen and oxygen atoms in total. The van der Waals surface area contributed by atoms with E-state index in [0.29, 0.717) is 17.0 Å². The summed E-state index contributed by atoms with van der Waals surface area (Å²) >= 11 is 5.48. The monoisotopic (exact) mass is 370 g/mol. The van der Waals surface area contributed by atoms with Crippen molar-refractivity contribution in [2.75, 3.05) is 13.1 Å². The minimum atomic E-state index is 0.319. The van der Waals surface area contributed by atoms with E-state index in [2.05, 4.69) is 66.0 Å². The maximum absolute atomic E-state index is 3.84. The molecular formula is C17H27BrN2S. The Morgan fingerprint density at radius 3 is 2.62 bits per heavy atom. The maximum atomic E-state index is 3.84. The van der Waals surface area contributed by atoms with Gasteiger partial charge in [-0.05, 0) is 59.2 Å². The number of hydrogen-bond acceptors (Lipinski definition) is 3. The van der Waals surface area contributed by atoms with Crippen LogP contribution in [0.3, 0.4) is 0 Å². The molecule has 0 amide bonds. The zero-order chi connectivity index (χ0) is 15.3. The maximum Gasteiger partial charge on any atom is 0.0701 e. The molecule has 0 bridgehead atoms. The summed E-state index contributed by atoms with van der Waals surface area (Å²) in [6, 6.07) is 5.03. The van der Waals surface area contributed by atoms with Crippen LogP contribution in [0.1, 0.15) is 45.4 Å². The molecule has 21 heavy (non-hydrogen) atoms. The van der Waals surface area contributed by atoms with E-state index < -0.39 is 0 Å². The van der Waals surface area contributed by atoms with Gasteiger partial charge in [0.05, 0.1) is 3.79 Å². The highest BCUT2D eigenvalue weighted by Gasteiger charge is 2.49. The van der Waals surface area contributed by atoms with Crippen molar-refractivity contribution in [3.8, 4) is 0 Å². The standard InChI is InChI=1S/C17H27BrN2S/c1-16(2,3)14-10-20(9-13-7-8-15(18)21-13)17(4,11-19-14)12-5-6-12/h7-8,12,14,19H,5-6,9-11H2,1-4H3. The summed E-state index contributed by atoms with van der Waals surface area (Å²) in [5.74, 6) is 0.884. The van der Waals surface area contributed by atoms with Gasteiger partial charge in [-0.15, -0.1) is 11.3 Å². The first kappa shape index (κ1) is 16.0. The summed E-state index contributed by atoms with van der Waals surface area (Å²) in [6.07, 6.45) is 2.81. The second-order valence-corrected chi connectivity index (χ2v) is 10.6. The van der Waals surface area contributed by atoms with Crippen LogP contribution in [0.5, 0.6) is 0 Å². The van der Waals surface area contributed by atoms with Gasteiger partial charge in [0.25, 0.3) is 0 Å². The largest absolute Gasteiger partial charge is 0.310 e. The summed E-state index contributed by atoms with van der Waals surface area (Å²) in [6.45, 7) is 12.9. The molecule has 2 fully saturated rings. The highest BCUT2D eigenvalue weighted by molar-refractivity contribution is 9.11. The molecule has 1 saturated carbocycles. The van der Waals surface area contributed by atoms with E-state index in [4.69, 9.17) is 0 Å². The molecule has 3 rings (SSSR count). The average molecular weight is 371 g/mol. The molecule has 0 radical (unpaired) electrons. The third-order valence-corrected chi connectivity index (χ3v) is 6.92. The van der Waals surface area contributed by atoms with Crippen molar-refractivity contribution >= 4 is 27.3 Å². The Morgan fingerprint density at radius 1 is 1.38 bits per heavy atom. The molecule has 1 aromatic rings. The second-order valence-electron chi connectivity index (χ2n) is 8.02. The van der Waals surface area contributed by atoms with E-state index >= 15 is 0 Å². The number of nitrogens with one attached hydrogen (secondary N) is 1. The fourth-order valence-electron chi connectivity index (χ4n) is 3.49. The van der Waals surface area contributed by atoms with Gasteiger partial charge in [-0.25, -0.2) is 0 Å². The number of nitrogens with zero attached hydrogens (tertiary/aromatic N) is 1. The van der Waals surface area contributed by atoms with Crippen molar-refractivity contribution < 1.29 is 0 Å². The zero-order valence-corrected chi connectivity index (χ0v) is 16.0. The first-order chi connectivity index (χ1) is 9.79. The van der Waals surface area contributed by atoms with Crippen molar-refractivity contribution in [3.63, 3.8) is 0 Å². The molecule has 1 aliphatic heterocycles. The van der Waals surface area contributed by atoms with Gasteiger partial charge in [0.15, 0.2) is 0 Å². The van der Waals surface area contributed by atoms with Crippen LogP contribution >= 0.6 is 27.3 Å². The van der Waals surface area contributed by atoms with Gasteiger partial charge in [0.1, 0.15) is 0 Å². The molecule has 2 aliphatic rings. The lowest BCUT2D eigenvalue weighted by Gasteiger charge is -2.51. The molecule has 2 unspecified atom stereocenters. The summed E-state index contributed by atoms with van der Waals surface area (Å²) in [4.78, 5) is 4.23. The van der Waals surface area contributed by atoms with Crippen molar-refractivity contribution in [1.82, 2.24) is 10.2 Å². The van der Waals surface area contributed by atoms with Crippen molar-refractivity contribution in [2.24, 2.45) is 11.3 Å². The lowest BCUT2D eigenvalue weighted by molar-refractivity contribution is 0.00489. The topological polar surface area (TPSA) is 15.3 Å². The van der Waals surface area contributed by atoms with Crippen molar-refractivity contribution in [3.05, 3.63) is 20.8 Å². The number of piperazine rings is 1. The van der Waals surface area contributed by atoms with E-state index in [9.17, 15) is 0 Å². The summed E-state index contributed by atoms with van der Waals surface area (Å²) in [7, 11) is 0. The molecule has 1 N–H and O–H groups in total. The molecular weight excluding hydrogens is 344 g/mol. The van der Waals surface area contributed by atoms with Crippen LogP contribution in [0.15, 0.2) is 15.9 Å². The van der Waals surface area contributed by atoms with Crippen molar-refractivity contribution in [1.29, 1.82) is 0 Å². The van der Waals surface area contributed by atoms with Crippen molar-refractivity contribution in [2.45, 2.75) is 58.7 Å². The Balaban J connectivity index is 1.79. The SMILES string of the molecule is CC(C)(C)C1CN(Cc2ccc(Br)s2)C(C)(C2CC2)CN1. The minimum absolute atomic E-state index is 0.319. The van der Waals surface area contributed by atoms with Crippen LogP contribution in [-0.2, 0) is 6.54 Å². The fourth-order valence-corrected chi connectivity index (χ4v) is 4.99. The molecule has 1 aromatic heterocycles. The zero-order valence-electron chi connectivity index (χ0n) is 13.6. The highest BCUT2D eigenvalue weighted by atomic mass is 79.9. The predicted octanol–water partition coefficient (Wildman–Crippen LogP) is 4.50. The van der Waals surface area contributed by atoms with E-state index in [1.54, 1.807) is 0 Å². The van der Waals surface area contributed by atoms with Gasteiger partial charge in [-0.2, -0.15) is 0 Å². The van der Waals surface area contributed by atoms with Gasteiger partial charge in [-0.1, -0.05) is 20.8 Å². The Bertz CT molecular complexity index is 503. The predicted molar refractivity (Wildman–Crippen MR) is 94.8 cm³/mol. The van der Waals surface area contributed by atoms with Gasteiger partial charge in [0.2, 0.25) is 0 Å². The first-order valence-corrected chi connectivity index (χ1v) is 9.62. The lowest BCUT2D eigenvalue weighted by Crippen LogP contribution is -2.66. The van der Waals surface area contributed by atoms with E-state index in [0.717, 1.165) is 25.6 Å². The molecule has 118 valence electrons. The number of hydrogen-bond donors (Lipinski definition) is 1. The Labute approximate surface area is 141 Å². The quantitative estimate of drug-likeness (QED) is 0.842. The summed E-state index contributed by atoms with van der Waals surface area (Å²) < 4.78 is 1.24. The van der Waals surface area contributed by atoms with Crippen LogP contribution in [0, 0.1) is 11.3 Å². The Morgan fingerprint density at radius 2 is 2.10 bits per heavy atom. The Kier molecular flexibility index (Phi) is 4.28. The normalized spacial score (nSPS) is 31.6. The third kappa shape index (κ3) is 3.39. The second kappa shape index (κ2) is 5.63. The van der Waals surface area contributed by atoms with Gasteiger partial charge in [-0.3, -0.25) is 4.90 Å².